The molecule has 2 amide bonds. The van der Waals surface area contributed by atoms with E-state index in [2.05, 4.69) is 9.94 Å². The lowest BCUT2D eigenvalue weighted by Gasteiger charge is -2.06. The van der Waals surface area contributed by atoms with Crippen molar-refractivity contribution < 1.29 is 23.2 Å². The van der Waals surface area contributed by atoms with Gasteiger partial charge in [-0.15, -0.1) is 0 Å². The van der Waals surface area contributed by atoms with E-state index in [1.54, 1.807) is 30.3 Å². The summed E-state index contributed by atoms with van der Waals surface area (Å²) in [7, 11) is 0. The third kappa shape index (κ3) is 4.88. The van der Waals surface area contributed by atoms with Crippen molar-refractivity contribution in [3.63, 3.8) is 0 Å². The molecule has 0 atom stereocenters. The van der Waals surface area contributed by atoms with Gasteiger partial charge in [0.05, 0.1) is 6.21 Å². The lowest BCUT2D eigenvalue weighted by molar-refractivity contribution is 0.107. The van der Waals surface area contributed by atoms with E-state index < -0.39 is 23.4 Å². The van der Waals surface area contributed by atoms with Crippen molar-refractivity contribution in [2.24, 2.45) is 5.10 Å². The summed E-state index contributed by atoms with van der Waals surface area (Å²) < 4.78 is 25.9. The number of urea groups is 1. The van der Waals surface area contributed by atoms with Crippen molar-refractivity contribution in [3.8, 4) is 5.75 Å². The maximum atomic E-state index is 13.2. The summed E-state index contributed by atoms with van der Waals surface area (Å²) >= 11 is 0. The number of carbonyl (C=O) groups excluding carboxylic acids is 2. The molecule has 0 radical (unpaired) electrons. The summed E-state index contributed by atoms with van der Waals surface area (Å²) in [6.45, 7) is 0. The number of hydrazone groups is 1. The maximum Gasteiger partial charge on any atom is 0.368 e. The molecule has 2 N–H and O–H groups in total. The van der Waals surface area contributed by atoms with Crippen LogP contribution in [0.25, 0.3) is 0 Å². The fourth-order valence-electron chi connectivity index (χ4n) is 1.51. The van der Waals surface area contributed by atoms with Crippen LogP contribution in [0.4, 0.5) is 13.6 Å². The molecule has 0 saturated carbocycles. The average Bonchev–Trinajstić information content (AvgIpc) is 2.54. The van der Waals surface area contributed by atoms with E-state index in [-0.39, 0.29) is 5.75 Å². The van der Waals surface area contributed by atoms with Crippen molar-refractivity contribution in [1.29, 1.82) is 0 Å². The summed E-state index contributed by atoms with van der Waals surface area (Å²) in [5.74, 6) is -2.53. The van der Waals surface area contributed by atoms with E-state index in [1.165, 1.54) is 0 Å². The first kappa shape index (κ1) is 16.1. The van der Waals surface area contributed by atoms with Crippen LogP contribution in [0.15, 0.2) is 53.6 Å². The van der Waals surface area contributed by atoms with Crippen LogP contribution >= 0.6 is 0 Å². The smallest absolute Gasteiger partial charge is 0.368 e. The van der Waals surface area contributed by atoms with Gasteiger partial charge < -0.3 is 4.84 Å². The Morgan fingerprint density at radius 3 is 2.52 bits per heavy atom. The zero-order chi connectivity index (χ0) is 16.7. The molecule has 6 nitrogen and oxygen atoms in total. The first-order valence-corrected chi connectivity index (χ1v) is 6.36. The monoisotopic (exact) mass is 319 g/mol. The topological polar surface area (TPSA) is 79.8 Å². The predicted octanol–water partition coefficient (Wildman–Crippen LogP) is 2.43. The first-order chi connectivity index (χ1) is 11.1. The van der Waals surface area contributed by atoms with Crippen molar-refractivity contribution in [3.05, 3.63) is 65.7 Å². The number of nitrogens with zero attached hydrogens (tertiary/aromatic N) is 1. The van der Waals surface area contributed by atoms with Crippen LogP contribution in [0.1, 0.15) is 10.4 Å². The Morgan fingerprint density at radius 2 is 1.83 bits per heavy atom. The Bertz CT molecular complexity index is 736. The minimum absolute atomic E-state index is 0.370. The molecule has 23 heavy (non-hydrogen) atoms. The van der Waals surface area contributed by atoms with Gasteiger partial charge in [0.15, 0.2) is 11.6 Å². The quantitative estimate of drug-likeness (QED) is 0.504. The predicted molar refractivity (Wildman–Crippen MR) is 77.9 cm³/mol. The van der Waals surface area contributed by atoms with Crippen molar-refractivity contribution >= 4 is 18.0 Å². The molecule has 0 fully saturated rings. The number of amides is 2. The average molecular weight is 319 g/mol. The Labute approximate surface area is 129 Å². The van der Waals surface area contributed by atoms with Crippen molar-refractivity contribution in [1.82, 2.24) is 10.9 Å². The third-order valence-electron chi connectivity index (χ3n) is 2.55. The number of halogens is 2. The van der Waals surface area contributed by atoms with Crippen LogP contribution in [0, 0.1) is 11.6 Å². The molecule has 0 spiro atoms. The second-order valence-corrected chi connectivity index (χ2v) is 4.21. The number of hydrogen-bond donors (Lipinski definition) is 2. The van der Waals surface area contributed by atoms with Gasteiger partial charge in [-0.25, -0.2) is 19.0 Å². The molecule has 0 saturated heterocycles. The summed E-state index contributed by atoms with van der Waals surface area (Å²) in [5.41, 5.74) is 4.20. The molecule has 0 unspecified atom stereocenters. The molecule has 0 aliphatic carbocycles. The number of ketones is 1. The molecule has 0 aromatic heterocycles. The minimum atomic E-state index is -0.979. The van der Waals surface area contributed by atoms with Crippen LogP contribution < -0.4 is 15.7 Å². The molecule has 2 aromatic carbocycles. The van der Waals surface area contributed by atoms with Gasteiger partial charge in [-0.3, -0.25) is 4.79 Å². The number of hydrogen-bond acceptors (Lipinski definition) is 4. The number of carbonyl (C=O) groups is 2. The minimum Gasteiger partial charge on any atom is -0.375 e. The summed E-state index contributed by atoms with van der Waals surface area (Å²) in [4.78, 5) is 27.6. The number of nitrogens with one attached hydrogen (secondary N) is 2. The van der Waals surface area contributed by atoms with E-state index in [9.17, 15) is 18.4 Å². The third-order valence-corrected chi connectivity index (χ3v) is 2.55. The first-order valence-electron chi connectivity index (χ1n) is 6.36. The highest BCUT2D eigenvalue weighted by Gasteiger charge is 2.07. The maximum absolute atomic E-state index is 13.2. The number of Topliss-reactive ketones (excluding diaryl/α,β-unsaturated/α-hetero) is 1. The van der Waals surface area contributed by atoms with Crippen molar-refractivity contribution in [2.45, 2.75) is 0 Å². The SMILES string of the molecule is O=C(N/N=C/C(=O)c1ccccc1)NOc1ccc(F)cc1F. The van der Waals surface area contributed by atoms with Gasteiger partial charge in [-0.1, -0.05) is 30.3 Å². The highest BCUT2D eigenvalue weighted by Crippen LogP contribution is 2.16. The Balaban J connectivity index is 1.81. The Hall–Kier alpha value is -3.29. The lowest BCUT2D eigenvalue weighted by atomic mass is 10.1. The molecule has 118 valence electrons. The lowest BCUT2D eigenvalue weighted by Crippen LogP contribution is -2.35. The van der Waals surface area contributed by atoms with Gasteiger partial charge in [0, 0.05) is 11.6 Å². The van der Waals surface area contributed by atoms with Gasteiger partial charge in [0.25, 0.3) is 0 Å². The zero-order valence-electron chi connectivity index (χ0n) is 11.6. The second kappa shape index (κ2) is 7.64. The number of rotatable bonds is 5. The fourth-order valence-corrected chi connectivity index (χ4v) is 1.51. The van der Waals surface area contributed by atoms with Crippen LogP contribution in [0.3, 0.4) is 0 Å². The van der Waals surface area contributed by atoms with Gasteiger partial charge in [-0.05, 0) is 12.1 Å². The molecule has 0 aliphatic rings. The molecular formula is C15H11F2N3O3. The summed E-state index contributed by atoms with van der Waals surface area (Å²) in [6.07, 6.45) is 0.910. The summed E-state index contributed by atoms with van der Waals surface area (Å²) in [6, 6.07) is 9.95. The largest absolute Gasteiger partial charge is 0.375 e. The normalized spacial score (nSPS) is 10.3. The standard InChI is InChI=1S/C15H11F2N3O3/c16-11-6-7-14(12(17)8-11)23-20-15(22)19-18-9-13(21)10-4-2-1-3-5-10/h1-9H,(H2,19,20,22)/b18-9+. The molecule has 0 bridgehead atoms. The van der Waals surface area contributed by atoms with E-state index >= 15 is 0 Å². The Kier molecular flexibility index (Phi) is 5.35. The van der Waals surface area contributed by atoms with E-state index in [0.29, 0.717) is 11.6 Å². The number of benzene rings is 2. The molecule has 0 aliphatic heterocycles. The van der Waals surface area contributed by atoms with Gasteiger partial charge >= 0.3 is 6.03 Å². The van der Waals surface area contributed by atoms with Gasteiger partial charge in [-0.2, -0.15) is 10.6 Å². The van der Waals surface area contributed by atoms with E-state index in [1.807, 2.05) is 10.9 Å². The van der Waals surface area contributed by atoms with Crippen LogP contribution in [-0.2, 0) is 0 Å². The molecule has 0 heterocycles. The molecule has 2 aromatic rings. The highest BCUT2D eigenvalue weighted by molar-refractivity contribution is 6.35. The van der Waals surface area contributed by atoms with Crippen LogP contribution in [0.5, 0.6) is 5.75 Å². The number of hydroxylamine groups is 1. The van der Waals surface area contributed by atoms with Gasteiger partial charge in [0.2, 0.25) is 5.78 Å². The van der Waals surface area contributed by atoms with Crippen LogP contribution in [-0.4, -0.2) is 18.0 Å². The van der Waals surface area contributed by atoms with E-state index in [4.69, 9.17) is 0 Å². The van der Waals surface area contributed by atoms with Crippen LogP contribution in [0.2, 0.25) is 0 Å². The van der Waals surface area contributed by atoms with E-state index in [0.717, 1.165) is 18.3 Å². The fraction of sp³-hybridized carbons (Fsp3) is 0. The molecule has 2 rings (SSSR count). The highest BCUT2D eigenvalue weighted by atomic mass is 19.1. The Morgan fingerprint density at radius 1 is 1.09 bits per heavy atom. The zero-order valence-corrected chi connectivity index (χ0v) is 11.6. The van der Waals surface area contributed by atoms with Crippen molar-refractivity contribution in [2.75, 3.05) is 0 Å². The molecular weight excluding hydrogens is 308 g/mol. The molecule has 8 heteroatoms. The summed E-state index contributed by atoms with van der Waals surface area (Å²) in [5, 5.41) is 3.43. The second-order valence-electron chi connectivity index (χ2n) is 4.21. The van der Waals surface area contributed by atoms with Gasteiger partial charge in [0.1, 0.15) is 5.82 Å².